The summed E-state index contributed by atoms with van der Waals surface area (Å²) in [6.45, 7) is 0. The fourth-order valence-corrected chi connectivity index (χ4v) is 2.60. The van der Waals surface area contributed by atoms with Gasteiger partial charge in [-0.3, -0.25) is 4.98 Å². The molecule has 1 heterocycles. The van der Waals surface area contributed by atoms with Crippen LogP contribution in [0.25, 0.3) is 0 Å². The van der Waals surface area contributed by atoms with E-state index in [0.717, 1.165) is 19.3 Å². The van der Waals surface area contributed by atoms with E-state index in [1.807, 2.05) is 12.4 Å². The van der Waals surface area contributed by atoms with Crippen molar-refractivity contribution in [2.75, 3.05) is 0 Å². The van der Waals surface area contributed by atoms with Gasteiger partial charge in [-0.25, -0.2) is 0 Å². The largest absolute Gasteiger partial charge is 0.393 e. The first-order valence-corrected chi connectivity index (χ1v) is 6.43. The van der Waals surface area contributed by atoms with Gasteiger partial charge in [-0.2, -0.15) is 0 Å². The maximum Gasteiger partial charge on any atom is 0.0568 e. The van der Waals surface area contributed by atoms with Gasteiger partial charge in [0.2, 0.25) is 0 Å². The standard InChI is InChI=1S/C14H21NO/c16-14-5-3-1-2-4-13(14)7-6-12-8-10-15-11-9-12/h8-11,13-14,16H,1-7H2. The first-order chi connectivity index (χ1) is 7.86. The Morgan fingerprint density at radius 3 is 2.69 bits per heavy atom. The van der Waals surface area contributed by atoms with Crippen molar-refractivity contribution in [2.45, 2.75) is 51.0 Å². The van der Waals surface area contributed by atoms with E-state index < -0.39 is 0 Å². The molecule has 2 heteroatoms. The molecule has 0 radical (unpaired) electrons. The summed E-state index contributed by atoms with van der Waals surface area (Å²) >= 11 is 0. The zero-order valence-electron chi connectivity index (χ0n) is 9.81. The summed E-state index contributed by atoms with van der Waals surface area (Å²) in [5.41, 5.74) is 1.34. The van der Waals surface area contributed by atoms with E-state index in [2.05, 4.69) is 17.1 Å². The highest BCUT2D eigenvalue weighted by molar-refractivity contribution is 5.09. The normalized spacial score (nSPS) is 26.3. The van der Waals surface area contributed by atoms with E-state index in [-0.39, 0.29) is 6.10 Å². The number of pyridine rings is 1. The van der Waals surface area contributed by atoms with Crippen LogP contribution >= 0.6 is 0 Å². The fraction of sp³-hybridized carbons (Fsp3) is 0.643. The van der Waals surface area contributed by atoms with Crippen LogP contribution in [-0.4, -0.2) is 16.2 Å². The van der Waals surface area contributed by atoms with Crippen LogP contribution in [0.5, 0.6) is 0 Å². The van der Waals surface area contributed by atoms with Crippen molar-refractivity contribution < 1.29 is 5.11 Å². The SMILES string of the molecule is OC1CCCCCC1CCc1ccncc1. The van der Waals surface area contributed by atoms with Gasteiger partial charge in [-0.05, 0) is 49.3 Å². The van der Waals surface area contributed by atoms with Crippen LogP contribution in [0.15, 0.2) is 24.5 Å². The molecule has 1 fully saturated rings. The van der Waals surface area contributed by atoms with Crippen LogP contribution in [-0.2, 0) is 6.42 Å². The molecule has 88 valence electrons. The van der Waals surface area contributed by atoms with Crippen molar-refractivity contribution in [3.05, 3.63) is 30.1 Å². The lowest BCUT2D eigenvalue weighted by molar-refractivity contribution is 0.0960. The van der Waals surface area contributed by atoms with Crippen LogP contribution in [0.1, 0.15) is 44.1 Å². The maximum atomic E-state index is 10.0. The van der Waals surface area contributed by atoms with E-state index in [1.165, 1.54) is 31.2 Å². The third-order valence-corrected chi connectivity index (χ3v) is 3.67. The molecule has 0 aliphatic heterocycles. The molecule has 16 heavy (non-hydrogen) atoms. The molecule has 1 aromatic rings. The topological polar surface area (TPSA) is 33.1 Å². The van der Waals surface area contributed by atoms with E-state index in [0.29, 0.717) is 5.92 Å². The molecule has 2 unspecified atom stereocenters. The van der Waals surface area contributed by atoms with Crippen LogP contribution in [0.4, 0.5) is 0 Å². The molecule has 1 aromatic heterocycles. The van der Waals surface area contributed by atoms with Crippen LogP contribution in [0.3, 0.4) is 0 Å². The number of aliphatic hydroxyl groups is 1. The highest BCUT2D eigenvalue weighted by Gasteiger charge is 2.20. The zero-order chi connectivity index (χ0) is 11.2. The van der Waals surface area contributed by atoms with Crippen molar-refractivity contribution in [1.82, 2.24) is 4.98 Å². The molecule has 2 rings (SSSR count). The number of aliphatic hydroxyl groups excluding tert-OH is 1. The summed E-state index contributed by atoms with van der Waals surface area (Å²) < 4.78 is 0. The third-order valence-electron chi connectivity index (χ3n) is 3.67. The van der Waals surface area contributed by atoms with Crippen LogP contribution in [0, 0.1) is 5.92 Å². The predicted octanol–water partition coefficient (Wildman–Crippen LogP) is 2.96. The molecular weight excluding hydrogens is 198 g/mol. The highest BCUT2D eigenvalue weighted by Crippen LogP contribution is 2.27. The summed E-state index contributed by atoms with van der Waals surface area (Å²) in [4.78, 5) is 4.02. The molecule has 0 saturated heterocycles. The quantitative estimate of drug-likeness (QED) is 0.793. The van der Waals surface area contributed by atoms with Gasteiger partial charge in [-0.1, -0.05) is 19.3 Å². The predicted molar refractivity (Wildman–Crippen MR) is 65.1 cm³/mol. The maximum absolute atomic E-state index is 10.0. The van der Waals surface area contributed by atoms with Crippen molar-refractivity contribution in [3.8, 4) is 0 Å². The lowest BCUT2D eigenvalue weighted by Gasteiger charge is -2.19. The smallest absolute Gasteiger partial charge is 0.0568 e. The Morgan fingerprint density at radius 1 is 1.12 bits per heavy atom. The van der Waals surface area contributed by atoms with Crippen molar-refractivity contribution in [1.29, 1.82) is 0 Å². The number of aromatic nitrogens is 1. The molecule has 1 N–H and O–H groups in total. The van der Waals surface area contributed by atoms with Gasteiger partial charge in [0.05, 0.1) is 6.10 Å². The number of rotatable bonds is 3. The minimum Gasteiger partial charge on any atom is -0.393 e. The van der Waals surface area contributed by atoms with Crippen LogP contribution in [0.2, 0.25) is 0 Å². The summed E-state index contributed by atoms with van der Waals surface area (Å²) in [6, 6.07) is 4.15. The van der Waals surface area contributed by atoms with Gasteiger partial charge in [-0.15, -0.1) is 0 Å². The third kappa shape index (κ3) is 3.31. The van der Waals surface area contributed by atoms with Gasteiger partial charge in [0, 0.05) is 12.4 Å². The van der Waals surface area contributed by atoms with Gasteiger partial charge in [0.25, 0.3) is 0 Å². The summed E-state index contributed by atoms with van der Waals surface area (Å²) in [5.74, 6) is 0.510. The minimum atomic E-state index is -0.0654. The average Bonchev–Trinajstić information content (AvgIpc) is 2.53. The molecule has 1 aliphatic rings. The van der Waals surface area contributed by atoms with Crippen molar-refractivity contribution in [3.63, 3.8) is 0 Å². The number of nitrogens with zero attached hydrogens (tertiary/aromatic N) is 1. The Balaban J connectivity index is 1.84. The lowest BCUT2D eigenvalue weighted by Crippen LogP contribution is -2.19. The van der Waals surface area contributed by atoms with E-state index >= 15 is 0 Å². The monoisotopic (exact) mass is 219 g/mol. The number of hydrogen-bond acceptors (Lipinski definition) is 2. The first kappa shape index (κ1) is 11.6. The highest BCUT2D eigenvalue weighted by atomic mass is 16.3. The molecule has 1 aliphatic carbocycles. The van der Waals surface area contributed by atoms with E-state index in [9.17, 15) is 5.11 Å². The Labute approximate surface area is 97.7 Å². The fourth-order valence-electron chi connectivity index (χ4n) is 2.60. The molecule has 0 amide bonds. The van der Waals surface area contributed by atoms with Gasteiger partial charge in [0.1, 0.15) is 0 Å². The second kappa shape index (κ2) is 6.00. The van der Waals surface area contributed by atoms with Gasteiger partial charge >= 0.3 is 0 Å². The van der Waals surface area contributed by atoms with Gasteiger partial charge < -0.3 is 5.11 Å². The summed E-state index contributed by atoms with van der Waals surface area (Å²) in [7, 11) is 0. The summed E-state index contributed by atoms with van der Waals surface area (Å²) in [5, 5.41) is 10.0. The van der Waals surface area contributed by atoms with E-state index in [1.54, 1.807) is 0 Å². The lowest BCUT2D eigenvalue weighted by atomic mass is 9.91. The average molecular weight is 219 g/mol. The number of hydrogen-bond donors (Lipinski definition) is 1. The Morgan fingerprint density at radius 2 is 1.88 bits per heavy atom. The minimum absolute atomic E-state index is 0.0654. The van der Waals surface area contributed by atoms with Crippen molar-refractivity contribution in [2.24, 2.45) is 5.92 Å². The number of aryl methyl sites for hydroxylation is 1. The van der Waals surface area contributed by atoms with Crippen LogP contribution < -0.4 is 0 Å². The first-order valence-electron chi connectivity index (χ1n) is 6.43. The molecule has 0 spiro atoms. The second-order valence-electron chi connectivity index (χ2n) is 4.86. The molecule has 2 atom stereocenters. The Bertz CT molecular complexity index is 299. The zero-order valence-corrected chi connectivity index (χ0v) is 9.81. The molecular formula is C14H21NO. The Kier molecular flexibility index (Phi) is 4.34. The molecule has 0 aromatic carbocycles. The summed E-state index contributed by atoms with van der Waals surface area (Å²) in [6.07, 6.45) is 11.8. The Hall–Kier alpha value is -0.890. The van der Waals surface area contributed by atoms with Gasteiger partial charge in [0.15, 0.2) is 0 Å². The molecule has 2 nitrogen and oxygen atoms in total. The molecule has 1 saturated carbocycles. The second-order valence-corrected chi connectivity index (χ2v) is 4.86. The van der Waals surface area contributed by atoms with E-state index in [4.69, 9.17) is 0 Å². The molecule has 0 bridgehead atoms. The van der Waals surface area contributed by atoms with Crippen molar-refractivity contribution >= 4 is 0 Å².